The lowest BCUT2D eigenvalue weighted by atomic mass is 10.3. The van der Waals surface area contributed by atoms with Crippen molar-refractivity contribution in [1.82, 2.24) is 19.6 Å². The summed E-state index contributed by atoms with van der Waals surface area (Å²) in [6, 6.07) is 0. The van der Waals surface area contributed by atoms with E-state index in [0.29, 0.717) is 17.9 Å². The zero-order chi connectivity index (χ0) is 15.6. The molecule has 114 valence electrons. The van der Waals surface area contributed by atoms with Crippen molar-refractivity contribution in [2.75, 3.05) is 13.2 Å². The van der Waals surface area contributed by atoms with Crippen LogP contribution in [0.25, 0.3) is 5.82 Å². The van der Waals surface area contributed by atoms with Crippen LogP contribution in [0, 0.1) is 24.0 Å². The van der Waals surface area contributed by atoms with Crippen LogP contribution in [0.1, 0.15) is 17.7 Å². The molecule has 0 aliphatic heterocycles. The van der Waals surface area contributed by atoms with Crippen LogP contribution in [0.15, 0.2) is 6.20 Å². The van der Waals surface area contributed by atoms with Crippen LogP contribution in [0.3, 0.4) is 0 Å². The van der Waals surface area contributed by atoms with Gasteiger partial charge in [0, 0.05) is 31.8 Å². The fourth-order valence-corrected chi connectivity index (χ4v) is 2.02. The van der Waals surface area contributed by atoms with Gasteiger partial charge < -0.3 is 9.84 Å². The topological polar surface area (TPSA) is 108 Å². The average molecular weight is 295 g/mol. The van der Waals surface area contributed by atoms with E-state index in [4.69, 9.17) is 9.84 Å². The van der Waals surface area contributed by atoms with Crippen molar-refractivity contribution in [3.05, 3.63) is 27.6 Å². The molecule has 0 radical (unpaired) electrons. The number of ether oxygens (including phenoxy) is 1. The fraction of sp³-hybridized carbons (Fsp3) is 0.500. The highest BCUT2D eigenvalue weighted by atomic mass is 16.6. The first-order valence-corrected chi connectivity index (χ1v) is 6.44. The first-order chi connectivity index (χ1) is 9.95. The zero-order valence-electron chi connectivity index (χ0n) is 12.1. The summed E-state index contributed by atoms with van der Waals surface area (Å²) in [5, 5.41) is 28.3. The van der Waals surface area contributed by atoms with E-state index in [2.05, 4.69) is 10.2 Å². The lowest BCUT2D eigenvalue weighted by Gasteiger charge is -2.00. The van der Waals surface area contributed by atoms with Crippen LogP contribution in [0.4, 0.5) is 5.69 Å². The summed E-state index contributed by atoms with van der Waals surface area (Å²) in [7, 11) is 1.77. The van der Waals surface area contributed by atoms with Gasteiger partial charge in [0.1, 0.15) is 5.69 Å². The number of nitrogens with zero attached hydrogens (tertiary/aromatic N) is 5. The maximum atomic E-state index is 11.2. The van der Waals surface area contributed by atoms with Crippen molar-refractivity contribution in [2.45, 2.75) is 20.3 Å². The molecule has 9 nitrogen and oxygen atoms in total. The van der Waals surface area contributed by atoms with Crippen LogP contribution in [-0.4, -0.2) is 42.8 Å². The molecule has 2 aromatic heterocycles. The number of aromatic nitrogens is 4. The van der Waals surface area contributed by atoms with Crippen molar-refractivity contribution in [2.24, 2.45) is 7.05 Å². The van der Waals surface area contributed by atoms with Crippen LogP contribution < -0.4 is 4.74 Å². The number of aryl methyl sites for hydroxylation is 2. The van der Waals surface area contributed by atoms with E-state index in [1.165, 1.54) is 4.68 Å². The van der Waals surface area contributed by atoms with Crippen LogP contribution in [0.2, 0.25) is 0 Å². The molecule has 21 heavy (non-hydrogen) atoms. The summed E-state index contributed by atoms with van der Waals surface area (Å²) in [4.78, 5) is 10.7. The molecule has 0 unspecified atom stereocenters. The summed E-state index contributed by atoms with van der Waals surface area (Å²) in [5.74, 6) is 0.464. The Morgan fingerprint density at radius 3 is 2.67 bits per heavy atom. The Bertz CT molecular complexity index is 661. The number of rotatable bonds is 6. The van der Waals surface area contributed by atoms with E-state index in [1.807, 2.05) is 6.92 Å². The predicted octanol–water partition coefficient (Wildman–Crippen LogP) is 0.892. The van der Waals surface area contributed by atoms with Crippen LogP contribution in [0.5, 0.6) is 5.88 Å². The van der Waals surface area contributed by atoms with Gasteiger partial charge in [-0.3, -0.25) is 14.8 Å². The SMILES string of the molecule is Cc1cn(C)nc1-n1nc(OCCCO)c([N+](=O)[O-])c1C. The molecule has 2 rings (SSSR count). The lowest BCUT2D eigenvalue weighted by Crippen LogP contribution is -2.04. The van der Waals surface area contributed by atoms with E-state index in [-0.39, 0.29) is 24.8 Å². The zero-order valence-corrected chi connectivity index (χ0v) is 12.1. The molecule has 0 atom stereocenters. The molecule has 0 spiro atoms. The van der Waals surface area contributed by atoms with Gasteiger partial charge >= 0.3 is 11.6 Å². The third-order valence-electron chi connectivity index (χ3n) is 2.96. The molecule has 0 aliphatic rings. The third-order valence-corrected chi connectivity index (χ3v) is 2.96. The second-order valence-electron chi connectivity index (χ2n) is 4.64. The molecule has 0 aromatic carbocycles. The van der Waals surface area contributed by atoms with Crippen molar-refractivity contribution in [3.63, 3.8) is 0 Å². The van der Waals surface area contributed by atoms with E-state index in [9.17, 15) is 10.1 Å². The number of hydrogen-bond acceptors (Lipinski definition) is 6. The number of hydrogen-bond donors (Lipinski definition) is 1. The van der Waals surface area contributed by atoms with Gasteiger partial charge in [-0.15, -0.1) is 5.10 Å². The highest BCUT2D eigenvalue weighted by molar-refractivity contribution is 5.49. The van der Waals surface area contributed by atoms with E-state index in [1.54, 1.807) is 24.9 Å². The van der Waals surface area contributed by atoms with Gasteiger partial charge in [-0.2, -0.15) is 5.10 Å². The van der Waals surface area contributed by atoms with Crippen molar-refractivity contribution in [3.8, 4) is 11.7 Å². The van der Waals surface area contributed by atoms with Crippen molar-refractivity contribution < 1.29 is 14.8 Å². The predicted molar refractivity (Wildman–Crippen MR) is 73.7 cm³/mol. The van der Waals surface area contributed by atoms with Crippen LogP contribution >= 0.6 is 0 Å². The smallest absolute Gasteiger partial charge is 0.353 e. The van der Waals surface area contributed by atoms with Gasteiger partial charge in [0.2, 0.25) is 0 Å². The summed E-state index contributed by atoms with van der Waals surface area (Å²) in [6.45, 7) is 3.56. The van der Waals surface area contributed by atoms with E-state index < -0.39 is 4.92 Å². The molecule has 2 heterocycles. The Morgan fingerprint density at radius 1 is 1.43 bits per heavy atom. The molecule has 0 fully saturated rings. The number of nitro groups is 1. The standard InChI is InChI=1S/C12H17N5O4/c1-8-7-15(3)13-11(8)16-9(2)10(17(19)20)12(14-16)21-6-4-5-18/h7,18H,4-6H2,1-3H3. The maximum absolute atomic E-state index is 11.2. The molecule has 2 aromatic rings. The van der Waals surface area contributed by atoms with E-state index >= 15 is 0 Å². The van der Waals surface area contributed by atoms with Crippen LogP contribution in [-0.2, 0) is 7.05 Å². The van der Waals surface area contributed by atoms with Crippen molar-refractivity contribution in [1.29, 1.82) is 0 Å². The molecular weight excluding hydrogens is 278 g/mol. The first-order valence-electron chi connectivity index (χ1n) is 6.44. The van der Waals surface area contributed by atoms with Gasteiger partial charge in [0.05, 0.1) is 11.5 Å². The molecule has 0 amide bonds. The van der Waals surface area contributed by atoms with Gasteiger partial charge in [0.15, 0.2) is 5.82 Å². The second kappa shape index (κ2) is 5.92. The summed E-state index contributed by atoms with van der Waals surface area (Å²) in [6.07, 6.45) is 2.18. The maximum Gasteiger partial charge on any atom is 0.353 e. The minimum absolute atomic E-state index is 0.0488. The first kappa shape index (κ1) is 15.0. The van der Waals surface area contributed by atoms with Gasteiger partial charge in [-0.05, 0) is 13.8 Å². The third kappa shape index (κ3) is 2.87. The Kier molecular flexibility index (Phi) is 4.22. The summed E-state index contributed by atoms with van der Waals surface area (Å²) in [5.41, 5.74) is 1.01. The molecule has 0 saturated carbocycles. The highest BCUT2D eigenvalue weighted by Crippen LogP contribution is 2.31. The molecule has 0 saturated heterocycles. The monoisotopic (exact) mass is 295 g/mol. The minimum Gasteiger partial charge on any atom is -0.472 e. The minimum atomic E-state index is -0.522. The highest BCUT2D eigenvalue weighted by Gasteiger charge is 2.28. The quantitative estimate of drug-likeness (QED) is 0.481. The fourth-order valence-electron chi connectivity index (χ4n) is 2.02. The lowest BCUT2D eigenvalue weighted by molar-refractivity contribution is -0.386. The molecule has 1 N–H and O–H groups in total. The summed E-state index contributed by atoms with van der Waals surface area (Å²) < 4.78 is 8.32. The second-order valence-corrected chi connectivity index (χ2v) is 4.64. The Balaban J connectivity index is 2.45. The number of aliphatic hydroxyl groups excluding tert-OH is 1. The Hall–Kier alpha value is -2.42. The molecule has 0 aliphatic carbocycles. The molecular formula is C12H17N5O4. The van der Waals surface area contributed by atoms with Gasteiger partial charge in [-0.25, -0.2) is 4.68 Å². The molecule has 0 bridgehead atoms. The van der Waals surface area contributed by atoms with Crippen molar-refractivity contribution >= 4 is 5.69 Å². The average Bonchev–Trinajstić information content (AvgIpc) is 2.89. The summed E-state index contributed by atoms with van der Waals surface area (Å²) >= 11 is 0. The molecule has 9 heteroatoms. The normalized spacial score (nSPS) is 10.9. The van der Waals surface area contributed by atoms with Gasteiger partial charge in [0.25, 0.3) is 0 Å². The number of aliphatic hydroxyl groups is 1. The Morgan fingerprint density at radius 2 is 2.14 bits per heavy atom. The largest absolute Gasteiger partial charge is 0.472 e. The van der Waals surface area contributed by atoms with E-state index in [0.717, 1.165) is 5.56 Å². The van der Waals surface area contributed by atoms with Gasteiger partial charge in [-0.1, -0.05) is 0 Å². The Labute approximate surface area is 120 Å².